The summed E-state index contributed by atoms with van der Waals surface area (Å²) in [5.41, 5.74) is 10.5. The molecule has 0 saturated heterocycles. The predicted octanol–water partition coefficient (Wildman–Crippen LogP) is 5.09. The quantitative estimate of drug-likeness (QED) is 0.222. The zero-order valence-corrected chi connectivity index (χ0v) is 18.3. The number of alkyl halides is 3. The number of nitrogen functional groups attached to an aromatic ring is 1. The van der Waals surface area contributed by atoms with Crippen molar-refractivity contribution in [3.05, 3.63) is 71.3 Å². The van der Waals surface area contributed by atoms with Crippen molar-refractivity contribution in [3.63, 3.8) is 0 Å². The second kappa shape index (κ2) is 11.1. The highest BCUT2D eigenvalue weighted by molar-refractivity contribution is 5.96. The van der Waals surface area contributed by atoms with Crippen LogP contribution in [0.1, 0.15) is 43.2 Å². The van der Waals surface area contributed by atoms with Gasteiger partial charge in [0.05, 0.1) is 12.7 Å². The summed E-state index contributed by atoms with van der Waals surface area (Å²) in [6.45, 7) is 0.421. The van der Waals surface area contributed by atoms with Gasteiger partial charge in [-0.2, -0.15) is 13.2 Å². The number of nitrogens with one attached hydrogen (secondary N) is 2. The molecular weight excluding hydrogens is 431 g/mol. The van der Waals surface area contributed by atoms with Gasteiger partial charge in [-0.3, -0.25) is 10.2 Å². The summed E-state index contributed by atoms with van der Waals surface area (Å²) in [5, 5.41) is 9.51. The maximum Gasteiger partial charge on any atom is 0.471 e. The van der Waals surface area contributed by atoms with Crippen LogP contribution in [0.4, 0.5) is 13.2 Å². The Bertz CT molecular complexity index is 1020. The number of benzene rings is 2. The van der Waals surface area contributed by atoms with Crippen LogP contribution in [-0.2, 0) is 16.1 Å². The molecule has 0 aliphatic heterocycles. The van der Waals surface area contributed by atoms with E-state index in [9.17, 15) is 18.0 Å². The van der Waals surface area contributed by atoms with Crippen LogP contribution in [0, 0.1) is 5.41 Å². The van der Waals surface area contributed by atoms with Gasteiger partial charge < -0.3 is 15.8 Å². The van der Waals surface area contributed by atoms with Gasteiger partial charge in [0.25, 0.3) is 0 Å². The normalized spacial score (nSPS) is 17.7. The highest BCUT2D eigenvalue weighted by Gasteiger charge is 2.38. The fourth-order valence-electron chi connectivity index (χ4n) is 3.86. The summed E-state index contributed by atoms with van der Waals surface area (Å²) >= 11 is 0. The number of nitrogens with two attached hydrogens (primary N) is 1. The molecule has 1 amide bonds. The molecular formula is C25H28F3N3O2. The maximum atomic E-state index is 12.2. The molecule has 0 bridgehead atoms. The zero-order chi connectivity index (χ0) is 23.8. The summed E-state index contributed by atoms with van der Waals surface area (Å²) in [7, 11) is 0. The van der Waals surface area contributed by atoms with Gasteiger partial charge in [0, 0.05) is 12.1 Å². The standard InChI is InChI=1S/C25H28F3N3O2/c26-25(27,28)24(32)31-12-4-7-17-5-2-11-22(14-17)33-16-18-6-1-8-19(13-18)20-9-3-10-21(15-20)23(29)30/h1,3,6-10,13,15,22H,2,4-5,11-12,14,16H2,(H3,29,30)(H,31,32). The van der Waals surface area contributed by atoms with Crippen LogP contribution in [0.25, 0.3) is 11.1 Å². The number of amides is 1. The third-order valence-corrected chi connectivity index (χ3v) is 5.55. The monoisotopic (exact) mass is 459 g/mol. The molecule has 3 rings (SSSR count). The molecule has 0 aromatic heterocycles. The molecule has 1 atom stereocenters. The molecule has 0 radical (unpaired) electrons. The Balaban J connectivity index is 1.52. The lowest BCUT2D eigenvalue weighted by Crippen LogP contribution is -2.37. The van der Waals surface area contributed by atoms with Gasteiger partial charge in [-0.25, -0.2) is 0 Å². The van der Waals surface area contributed by atoms with E-state index >= 15 is 0 Å². The Labute approximate surface area is 191 Å². The summed E-state index contributed by atoms with van der Waals surface area (Å²) in [5.74, 6) is -1.87. The lowest BCUT2D eigenvalue weighted by molar-refractivity contribution is -0.173. The Morgan fingerprint density at radius 2 is 1.91 bits per heavy atom. The number of ether oxygens (including phenoxy) is 1. The van der Waals surface area contributed by atoms with Crippen molar-refractivity contribution in [2.45, 2.75) is 51.0 Å². The molecule has 1 saturated carbocycles. The number of carbonyl (C=O) groups excluding carboxylic acids is 1. The summed E-state index contributed by atoms with van der Waals surface area (Å²) in [6, 6.07) is 15.6. The van der Waals surface area contributed by atoms with Crippen molar-refractivity contribution in [1.82, 2.24) is 5.32 Å². The molecule has 176 valence electrons. The van der Waals surface area contributed by atoms with Gasteiger partial charge >= 0.3 is 12.1 Å². The average Bonchev–Trinajstić information content (AvgIpc) is 2.80. The van der Waals surface area contributed by atoms with E-state index in [2.05, 4.69) is 6.07 Å². The van der Waals surface area contributed by atoms with Gasteiger partial charge in [-0.05, 0) is 60.9 Å². The van der Waals surface area contributed by atoms with E-state index in [0.29, 0.717) is 18.6 Å². The zero-order valence-electron chi connectivity index (χ0n) is 18.3. The molecule has 1 unspecified atom stereocenters. The Morgan fingerprint density at radius 1 is 1.18 bits per heavy atom. The summed E-state index contributed by atoms with van der Waals surface area (Å²) in [4.78, 5) is 10.9. The van der Waals surface area contributed by atoms with Crippen LogP contribution in [0.2, 0.25) is 0 Å². The average molecular weight is 460 g/mol. The van der Waals surface area contributed by atoms with Crippen LogP contribution in [0.5, 0.6) is 0 Å². The highest BCUT2D eigenvalue weighted by atomic mass is 19.4. The maximum absolute atomic E-state index is 12.2. The Morgan fingerprint density at radius 3 is 2.64 bits per heavy atom. The first kappa shape index (κ1) is 24.5. The molecule has 0 spiro atoms. The van der Waals surface area contributed by atoms with E-state index < -0.39 is 12.1 Å². The number of carbonyl (C=O) groups is 1. The number of amidine groups is 1. The van der Waals surface area contributed by atoms with Crippen molar-refractivity contribution in [2.75, 3.05) is 6.54 Å². The third kappa shape index (κ3) is 7.46. The molecule has 2 aromatic carbocycles. The van der Waals surface area contributed by atoms with Gasteiger partial charge in [0.1, 0.15) is 5.84 Å². The molecule has 33 heavy (non-hydrogen) atoms. The van der Waals surface area contributed by atoms with Crippen molar-refractivity contribution in [3.8, 4) is 11.1 Å². The Hall–Kier alpha value is -3.13. The van der Waals surface area contributed by atoms with E-state index in [1.54, 1.807) is 6.07 Å². The topological polar surface area (TPSA) is 88.2 Å². The lowest BCUT2D eigenvalue weighted by Gasteiger charge is -2.25. The van der Waals surface area contributed by atoms with Crippen LogP contribution in [0.15, 0.2) is 60.2 Å². The molecule has 8 heteroatoms. The largest absolute Gasteiger partial charge is 0.471 e. The lowest BCUT2D eigenvalue weighted by atomic mass is 9.91. The third-order valence-electron chi connectivity index (χ3n) is 5.55. The highest BCUT2D eigenvalue weighted by Crippen LogP contribution is 2.28. The van der Waals surface area contributed by atoms with E-state index in [4.69, 9.17) is 15.9 Å². The van der Waals surface area contributed by atoms with E-state index in [1.807, 2.05) is 47.8 Å². The molecule has 1 fully saturated rings. The van der Waals surface area contributed by atoms with Crippen LogP contribution >= 0.6 is 0 Å². The van der Waals surface area contributed by atoms with Gasteiger partial charge in [0.15, 0.2) is 0 Å². The molecule has 0 heterocycles. The van der Waals surface area contributed by atoms with E-state index in [1.165, 1.54) is 0 Å². The minimum Gasteiger partial charge on any atom is -0.384 e. The number of halogens is 3. The molecule has 1 aliphatic carbocycles. The SMILES string of the molecule is N=C(N)c1cccc(-c2cccc(COC3CCCC(=CCCNC(=O)C(F)(F)F)C3)c2)c1. The van der Waals surface area contributed by atoms with Crippen LogP contribution < -0.4 is 11.1 Å². The number of hydrogen-bond acceptors (Lipinski definition) is 3. The minimum absolute atomic E-state index is 0.0280. The Kier molecular flexibility index (Phi) is 8.27. The van der Waals surface area contributed by atoms with Gasteiger partial charge in [0.2, 0.25) is 0 Å². The first-order chi connectivity index (χ1) is 15.7. The molecule has 4 N–H and O–H groups in total. The molecule has 1 aliphatic rings. The van der Waals surface area contributed by atoms with Crippen molar-refractivity contribution in [1.29, 1.82) is 5.41 Å². The van der Waals surface area contributed by atoms with E-state index in [0.717, 1.165) is 47.9 Å². The summed E-state index contributed by atoms with van der Waals surface area (Å²) < 4.78 is 42.8. The molecule has 2 aromatic rings. The number of hydrogen-bond donors (Lipinski definition) is 3. The van der Waals surface area contributed by atoms with Crippen molar-refractivity contribution in [2.24, 2.45) is 5.73 Å². The first-order valence-electron chi connectivity index (χ1n) is 10.9. The number of rotatable bonds is 8. The smallest absolute Gasteiger partial charge is 0.384 e. The summed E-state index contributed by atoms with van der Waals surface area (Å²) in [6.07, 6.45) is 1.03. The fraction of sp³-hybridized carbons (Fsp3) is 0.360. The van der Waals surface area contributed by atoms with Gasteiger partial charge in [-0.1, -0.05) is 48.0 Å². The second-order valence-electron chi connectivity index (χ2n) is 8.13. The van der Waals surface area contributed by atoms with Crippen molar-refractivity contribution >= 4 is 11.7 Å². The predicted molar refractivity (Wildman–Crippen MR) is 122 cm³/mol. The molecule has 5 nitrogen and oxygen atoms in total. The fourth-order valence-corrected chi connectivity index (χ4v) is 3.86. The van der Waals surface area contributed by atoms with Crippen molar-refractivity contribution < 1.29 is 22.7 Å². The van der Waals surface area contributed by atoms with Crippen LogP contribution in [0.3, 0.4) is 0 Å². The first-order valence-corrected chi connectivity index (χ1v) is 10.9. The minimum atomic E-state index is -4.84. The van der Waals surface area contributed by atoms with E-state index in [-0.39, 0.29) is 18.5 Å². The second-order valence-corrected chi connectivity index (χ2v) is 8.13. The van der Waals surface area contributed by atoms with Crippen LogP contribution in [-0.4, -0.2) is 30.6 Å². The van der Waals surface area contributed by atoms with Gasteiger partial charge in [-0.15, -0.1) is 0 Å².